The van der Waals surface area contributed by atoms with Gasteiger partial charge >= 0.3 is 0 Å². The lowest BCUT2D eigenvalue weighted by molar-refractivity contribution is -0.117. The Kier molecular flexibility index (Phi) is 4.14. The van der Waals surface area contributed by atoms with E-state index in [1.807, 2.05) is 0 Å². The fourth-order valence-corrected chi connectivity index (χ4v) is 1.12. The molecule has 0 spiro atoms. The van der Waals surface area contributed by atoms with Crippen LogP contribution in [0.3, 0.4) is 0 Å². The Labute approximate surface area is 93.0 Å². The molecule has 0 radical (unpaired) electrons. The van der Waals surface area contributed by atoms with Gasteiger partial charge in [0.25, 0.3) is 0 Å². The van der Waals surface area contributed by atoms with Crippen molar-refractivity contribution in [3.63, 3.8) is 0 Å². The van der Waals surface area contributed by atoms with Gasteiger partial charge in [0.15, 0.2) is 0 Å². The monoisotopic (exact) mass is 222 g/mol. The summed E-state index contributed by atoms with van der Waals surface area (Å²) in [4.78, 5) is 21.1. The molecule has 0 aliphatic carbocycles. The summed E-state index contributed by atoms with van der Waals surface area (Å²) in [5, 5.41) is 5.68. The largest absolute Gasteiger partial charge is 0.376 e. The fraction of sp³-hybridized carbons (Fsp3) is 0.200. The van der Waals surface area contributed by atoms with Crippen LogP contribution in [0.15, 0.2) is 24.3 Å². The Morgan fingerprint density at radius 1 is 1.00 bits per heavy atom. The highest BCUT2D eigenvalue weighted by atomic mass is 16.1. The van der Waals surface area contributed by atoms with Crippen LogP contribution >= 0.6 is 0 Å². The summed E-state index contributed by atoms with van der Waals surface area (Å²) >= 11 is 0. The van der Waals surface area contributed by atoms with Crippen molar-refractivity contribution in [1.82, 2.24) is 0 Å². The van der Waals surface area contributed by atoms with E-state index in [2.05, 4.69) is 10.6 Å². The standard InChI is InChI=1S/C10H14N4O2/c11-9(15)5-13-7-2-1-3-8(4-7)14-6-10(12)16/h1-4,13-14H,5-6H2,(H2,11,15)(H2,12,16). The van der Waals surface area contributed by atoms with Crippen LogP contribution in [-0.2, 0) is 9.59 Å². The molecule has 0 saturated heterocycles. The normalized spacial score (nSPS) is 9.50. The molecule has 1 aromatic carbocycles. The number of anilines is 2. The van der Waals surface area contributed by atoms with E-state index in [0.717, 1.165) is 11.4 Å². The number of carbonyl (C=O) groups excluding carboxylic acids is 2. The highest BCUT2D eigenvalue weighted by Crippen LogP contribution is 2.14. The van der Waals surface area contributed by atoms with Crippen molar-refractivity contribution in [2.45, 2.75) is 0 Å². The first-order valence-corrected chi connectivity index (χ1v) is 4.72. The molecule has 0 fully saturated rings. The van der Waals surface area contributed by atoms with Gasteiger partial charge in [-0.05, 0) is 18.2 Å². The molecule has 6 nitrogen and oxygen atoms in total. The molecule has 0 aromatic heterocycles. The molecule has 6 N–H and O–H groups in total. The molecule has 16 heavy (non-hydrogen) atoms. The maximum absolute atomic E-state index is 10.6. The minimum absolute atomic E-state index is 0.0687. The van der Waals surface area contributed by atoms with Crippen molar-refractivity contribution in [3.8, 4) is 0 Å². The summed E-state index contributed by atoms with van der Waals surface area (Å²) in [7, 11) is 0. The average Bonchev–Trinajstić information content (AvgIpc) is 2.24. The van der Waals surface area contributed by atoms with Gasteiger partial charge < -0.3 is 22.1 Å². The molecule has 1 aromatic rings. The average molecular weight is 222 g/mol. The van der Waals surface area contributed by atoms with Crippen molar-refractivity contribution in [3.05, 3.63) is 24.3 Å². The summed E-state index contributed by atoms with van der Waals surface area (Å²) < 4.78 is 0. The Morgan fingerprint density at radius 3 is 1.81 bits per heavy atom. The quantitative estimate of drug-likeness (QED) is 0.519. The third kappa shape index (κ3) is 4.32. The van der Waals surface area contributed by atoms with Crippen LogP contribution in [0.2, 0.25) is 0 Å². The predicted molar refractivity (Wildman–Crippen MR) is 61.8 cm³/mol. The number of rotatable bonds is 6. The molecular weight excluding hydrogens is 208 g/mol. The van der Waals surface area contributed by atoms with Crippen LogP contribution < -0.4 is 22.1 Å². The molecule has 2 amide bonds. The van der Waals surface area contributed by atoms with Crippen LogP contribution in [0.5, 0.6) is 0 Å². The molecule has 0 heterocycles. The number of nitrogens with one attached hydrogen (secondary N) is 2. The van der Waals surface area contributed by atoms with Gasteiger partial charge in [-0.3, -0.25) is 9.59 Å². The lowest BCUT2D eigenvalue weighted by Gasteiger charge is -2.07. The molecule has 0 aliphatic heterocycles. The van der Waals surface area contributed by atoms with E-state index in [1.165, 1.54) is 0 Å². The predicted octanol–water partition coefficient (Wildman–Crippen LogP) is -0.519. The maximum atomic E-state index is 10.6. The second kappa shape index (κ2) is 5.59. The third-order valence-electron chi connectivity index (χ3n) is 1.80. The van der Waals surface area contributed by atoms with E-state index in [4.69, 9.17) is 11.5 Å². The highest BCUT2D eigenvalue weighted by Gasteiger charge is 1.98. The first-order valence-electron chi connectivity index (χ1n) is 4.72. The lowest BCUT2D eigenvalue weighted by Crippen LogP contribution is -2.22. The summed E-state index contributed by atoms with van der Waals surface area (Å²) in [5.41, 5.74) is 11.5. The van der Waals surface area contributed by atoms with Crippen LogP contribution in [0.25, 0.3) is 0 Å². The van der Waals surface area contributed by atoms with Crippen molar-refractivity contribution >= 4 is 23.2 Å². The fourth-order valence-electron chi connectivity index (χ4n) is 1.12. The van der Waals surface area contributed by atoms with Gasteiger partial charge in [-0.25, -0.2) is 0 Å². The first-order chi connectivity index (χ1) is 7.58. The van der Waals surface area contributed by atoms with Crippen LogP contribution in [-0.4, -0.2) is 24.9 Å². The van der Waals surface area contributed by atoms with Crippen molar-refractivity contribution < 1.29 is 9.59 Å². The van der Waals surface area contributed by atoms with E-state index in [0.29, 0.717) is 0 Å². The minimum Gasteiger partial charge on any atom is -0.376 e. The number of primary amides is 2. The molecule has 0 unspecified atom stereocenters. The number of hydrogen-bond acceptors (Lipinski definition) is 4. The zero-order valence-electron chi connectivity index (χ0n) is 8.69. The summed E-state index contributed by atoms with van der Waals surface area (Å²) in [6, 6.07) is 7.12. The SMILES string of the molecule is NC(=O)CNc1cccc(NCC(N)=O)c1. The van der Waals surface area contributed by atoms with Gasteiger partial charge in [0.1, 0.15) is 0 Å². The van der Waals surface area contributed by atoms with E-state index in [9.17, 15) is 9.59 Å². The second-order valence-electron chi connectivity index (χ2n) is 3.22. The molecule has 0 atom stereocenters. The van der Waals surface area contributed by atoms with Crippen molar-refractivity contribution in [2.24, 2.45) is 11.5 Å². The summed E-state index contributed by atoms with van der Waals surface area (Å²) in [5.74, 6) is -0.869. The smallest absolute Gasteiger partial charge is 0.236 e. The summed E-state index contributed by atoms with van der Waals surface area (Å²) in [6.45, 7) is 0.137. The van der Waals surface area contributed by atoms with Crippen LogP contribution in [0, 0.1) is 0 Å². The molecule has 6 heteroatoms. The van der Waals surface area contributed by atoms with Gasteiger partial charge in [0.05, 0.1) is 13.1 Å². The highest BCUT2D eigenvalue weighted by molar-refractivity contribution is 5.80. The minimum atomic E-state index is -0.435. The molecule has 1 rings (SSSR count). The molecule has 86 valence electrons. The Hall–Kier alpha value is -2.24. The zero-order valence-corrected chi connectivity index (χ0v) is 8.69. The van der Waals surface area contributed by atoms with Crippen molar-refractivity contribution in [1.29, 1.82) is 0 Å². The van der Waals surface area contributed by atoms with E-state index in [-0.39, 0.29) is 13.1 Å². The van der Waals surface area contributed by atoms with Crippen molar-refractivity contribution in [2.75, 3.05) is 23.7 Å². The zero-order chi connectivity index (χ0) is 12.0. The van der Waals surface area contributed by atoms with Gasteiger partial charge in [-0.2, -0.15) is 0 Å². The molecule has 0 aliphatic rings. The number of nitrogens with two attached hydrogens (primary N) is 2. The van der Waals surface area contributed by atoms with E-state index < -0.39 is 11.8 Å². The number of benzene rings is 1. The summed E-state index contributed by atoms with van der Waals surface area (Å²) in [6.07, 6.45) is 0. The van der Waals surface area contributed by atoms with E-state index in [1.54, 1.807) is 24.3 Å². The molecule has 0 saturated carbocycles. The molecular formula is C10H14N4O2. The number of carbonyl (C=O) groups is 2. The first kappa shape index (κ1) is 11.8. The van der Waals surface area contributed by atoms with Gasteiger partial charge in [0, 0.05) is 11.4 Å². The van der Waals surface area contributed by atoms with Crippen LogP contribution in [0.4, 0.5) is 11.4 Å². The Balaban J connectivity index is 2.56. The Morgan fingerprint density at radius 2 is 1.44 bits per heavy atom. The number of amides is 2. The second-order valence-corrected chi connectivity index (χ2v) is 3.22. The van der Waals surface area contributed by atoms with Gasteiger partial charge in [-0.1, -0.05) is 6.07 Å². The van der Waals surface area contributed by atoms with Gasteiger partial charge in [0.2, 0.25) is 11.8 Å². The Bertz CT molecular complexity index is 359. The topological polar surface area (TPSA) is 110 Å². The maximum Gasteiger partial charge on any atom is 0.236 e. The van der Waals surface area contributed by atoms with Crippen LogP contribution in [0.1, 0.15) is 0 Å². The third-order valence-corrected chi connectivity index (χ3v) is 1.80. The number of hydrogen-bond donors (Lipinski definition) is 4. The lowest BCUT2D eigenvalue weighted by atomic mass is 10.2. The van der Waals surface area contributed by atoms with Gasteiger partial charge in [-0.15, -0.1) is 0 Å². The molecule has 0 bridgehead atoms. The van der Waals surface area contributed by atoms with E-state index >= 15 is 0 Å².